The number of aromatic nitrogens is 3. The quantitative estimate of drug-likeness (QED) is 0.792. The van der Waals surface area contributed by atoms with Crippen LogP contribution in [0.4, 0.5) is 5.69 Å². The first-order chi connectivity index (χ1) is 10.6. The number of hydrogen-bond donors (Lipinski definition) is 1. The third-order valence-electron chi connectivity index (χ3n) is 2.96. The maximum absolute atomic E-state index is 12.3. The van der Waals surface area contributed by atoms with E-state index in [0.29, 0.717) is 15.7 Å². The van der Waals surface area contributed by atoms with Gasteiger partial charge in [-0.05, 0) is 36.4 Å². The molecule has 0 radical (unpaired) electrons. The van der Waals surface area contributed by atoms with Gasteiger partial charge in [-0.1, -0.05) is 29.3 Å². The summed E-state index contributed by atoms with van der Waals surface area (Å²) in [5, 5.41) is 11.4. The summed E-state index contributed by atoms with van der Waals surface area (Å²) in [7, 11) is 0. The fourth-order valence-electron chi connectivity index (χ4n) is 1.94. The second-order valence-corrected chi connectivity index (χ2v) is 5.23. The highest BCUT2D eigenvalue weighted by atomic mass is 35.5. The van der Waals surface area contributed by atoms with E-state index in [1.54, 1.807) is 54.9 Å². The molecule has 0 fully saturated rings. The maximum Gasteiger partial charge on any atom is 0.258 e. The van der Waals surface area contributed by atoms with E-state index >= 15 is 0 Å². The van der Waals surface area contributed by atoms with Gasteiger partial charge in [0.2, 0.25) is 0 Å². The number of nitrogens with one attached hydrogen (secondary N) is 1. The van der Waals surface area contributed by atoms with Crippen molar-refractivity contribution in [1.82, 2.24) is 15.0 Å². The van der Waals surface area contributed by atoms with Crippen LogP contribution in [0.15, 0.2) is 54.9 Å². The van der Waals surface area contributed by atoms with Crippen LogP contribution < -0.4 is 5.32 Å². The lowest BCUT2D eigenvalue weighted by atomic mass is 10.2. The van der Waals surface area contributed by atoms with Gasteiger partial charge in [-0.2, -0.15) is 15.0 Å². The van der Waals surface area contributed by atoms with E-state index in [0.717, 1.165) is 5.69 Å². The van der Waals surface area contributed by atoms with Crippen molar-refractivity contribution in [3.05, 3.63) is 70.5 Å². The van der Waals surface area contributed by atoms with Crippen LogP contribution >= 0.6 is 23.2 Å². The Morgan fingerprint density at radius 2 is 1.55 bits per heavy atom. The average Bonchev–Trinajstić information content (AvgIpc) is 3.02. The number of halogens is 2. The van der Waals surface area contributed by atoms with Crippen LogP contribution in [0.2, 0.25) is 10.0 Å². The lowest BCUT2D eigenvalue weighted by Crippen LogP contribution is -2.13. The second-order valence-electron chi connectivity index (χ2n) is 4.42. The lowest BCUT2D eigenvalue weighted by molar-refractivity contribution is 0.102. The Morgan fingerprint density at radius 3 is 2.14 bits per heavy atom. The molecule has 5 nitrogen and oxygen atoms in total. The molecule has 0 saturated carbocycles. The molecule has 1 amide bonds. The Bertz CT molecular complexity index is 781. The Labute approximate surface area is 136 Å². The van der Waals surface area contributed by atoms with Gasteiger partial charge in [0.25, 0.3) is 5.91 Å². The van der Waals surface area contributed by atoms with Gasteiger partial charge in [0, 0.05) is 5.69 Å². The van der Waals surface area contributed by atoms with Gasteiger partial charge in [-0.15, -0.1) is 0 Å². The maximum atomic E-state index is 12.3. The molecule has 2 aromatic carbocycles. The molecule has 110 valence electrons. The van der Waals surface area contributed by atoms with Crippen LogP contribution in [0.1, 0.15) is 10.4 Å². The summed E-state index contributed by atoms with van der Waals surface area (Å²) in [6, 6.07) is 12.0. The summed E-state index contributed by atoms with van der Waals surface area (Å²) in [5.41, 5.74) is 1.67. The van der Waals surface area contributed by atoms with Gasteiger partial charge in [0.05, 0.1) is 33.7 Å². The standard InChI is InChI=1S/C15H10Cl2N4O/c16-12-2-1-3-13(17)14(12)15(22)20-10-4-6-11(7-5-10)21-18-8-9-19-21/h1-9H,(H,20,22). The number of hydrogen-bond acceptors (Lipinski definition) is 3. The monoisotopic (exact) mass is 332 g/mol. The van der Waals surface area contributed by atoms with Gasteiger partial charge in [-0.25, -0.2) is 0 Å². The number of rotatable bonds is 3. The summed E-state index contributed by atoms with van der Waals surface area (Å²) >= 11 is 12.0. The van der Waals surface area contributed by atoms with Gasteiger partial charge in [0.1, 0.15) is 0 Å². The molecule has 1 aromatic heterocycles. The van der Waals surface area contributed by atoms with Crippen LogP contribution in [0.25, 0.3) is 5.69 Å². The molecule has 7 heteroatoms. The summed E-state index contributed by atoms with van der Waals surface area (Å²) in [6.45, 7) is 0. The molecule has 1 N–H and O–H groups in total. The largest absolute Gasteiger partial charge is 0.322 e. The molecule has 0 aliphatic rings. The van der Waals surface area contributed by atoms with E-state index < -0.39 is 0 Å². The van der Waals surface area contributed by atoms with Gasteiger partial charge >= 0.3 is 0 Å². The molecule has 0 aliphatic heterocycles. The van der Waals surface area contributed by atoms with Gasteiger partial charge in [-0.3, -0.25) is 4.79 Å². The molecule has 3 aromatic rings. The van der Waals surface area contributed by atoms with Gasteiger partial charge in [0.15, 0.2) is 0 Å². The summed E-state index contributed by atoms with van der Waals surface area (Å²) in [5.74, 6) is -0.361. The fourth-order valence-corrected chi connectivity index (χ4v) is 2.50. The van der Waals surface area contributed by atoms with Crippen molar-refractivity contribution >= 4 is 34.8 Å². The number of nitrogens with zero attached hydrogens (tertiary/aromatic N) is 3. The van der Waals surface area contributed by atoms with Crippen LogP contribution in [0, 0.1) is 0 Å². The summed E-state index contributed by atoms with van der Waals surface area (Å²) in [6.07, 6.45) is 3.18. The first kappa shape index (κ1) is 14.6. The zero-order valence-corrected chi connectivity index (χ0v) is 12.7. The highest BCUT2D eigenvalue weighted by Gasteiger charge is 2.14. The Hall–Kier alpha value is -2.37. The molecule has 1 heterocycles. The molecule has 0 aliphatic carbocycles. The highest BCUT2D eigenvalue weighted by molar-refractivity contribution is 6.40. The summed E-state index contributed by atoms with van der Waals surface area (Å²) < 4.78 is 0. The number of anilines is 1. The smallest absolute Gasteiger partial charge is 0.258 e. The predicted octanol–water partition coefficient (Wildman–Crippen LogP) is 3.83. The van der Waals surface area contributed by atoms with Crippen molar-refractivity contribution in [3.63, 3.8) is 0 Å². The zero-order chi connectivity index (χ0) is 15.5. The Balaban J connectivity index is 1.80. The number of carbonyl (C=O) groups is 1. The zero-order valence-electron chi connectivity index (χ0n) is 11.2. The molecule has 0 bridgehead atoms. The molecule has 0 atom stereocenters. The highest BCUT2D eigenvalue weighted by Crippen LogP contribution is 2.25. The van der Waals surface area contributed by atoms with E-state index in [1.165, 1.54) is 4.80 Å². The predicted molar refractivity (Wildman–Crippen MR) is 85.8 cm³/mol. The van der Waals surface area contributed by atoms with E-state index in [-0.39, 0.29) is 11.5 Å². The number of benzene rings is 2. The first-order valence-electron chi connectivity index (χ1n) is 6.37. The molecule has 0 spiro atoms. The second kappa shape index (κ2) is 6.17. The van der Waals surface area contributed by atoms with E-state index in [1.807, 2.05) is 0 Å². The first-order valence-corrected chi connectivity index (χ1v) is 7.13. The Kier molecular flexibility index (Phi) is 4.09. The van der Waals surface area contributed by atoms with Crippen molar-refractivity contribution < 1.29 is 4.79 Å². The molecule has 3 rings (SSSR count). The van der Waals surface area contributed by atoms with Crippen molar-refractivity contribution in [2.45, 2.75) is 0 Å². The normalized spacial score (nSPS) is 10.5. The fraction of sp³-hybridized carbons (Fsp3) is 0. The molecule has 0 saturated heterocycles. The topological polar surface area (TPSA) is 59.8 Å². The minimum Gasteiger partial charge on any atom is -0.322 e. The Morgan fingerprint density at radius 1 is 0.955 bits per heavy atom. The molecule has 22 heavy (non-hydrogen) atoms. The molecule has 0 unspecified atom stereocenters. The SMILES string of the molecule is O=C(Nc1ccc(-n2nccn2)cc1)c1c(Cl)cccc1Cl. The minimum absolute atomic E-state index is 0.253. The third-order valence-corrected chi connectivity index (χ3v) is 3.59. The van der Waals surface area contributed by atoms with Crippen LogP contribution in [0.3, 0.4) is 0 Å². The van der Waals surface area contributed by atoms with E-state index in [2.05, 4.69) is 15.5 Å². The van der Waals surface area contributed by atoms with E-state index in [9.17, 15) is 4.79 Å². The minimum atomic E-state index is -0.361. The summed E-state index contributed by atoms with van der Waals surface area (Å²) in [4.78, 5) is 13.7. The number of carbonyl (C=O) groups excluding carboxylic acids is 1. The molecular formula is C15H10Cl2N4O. The van der Waals surface area contributed by atoms with Crippen LogP contribution in [-0.4, -0.2) is 20.9 Å². The average molecular weight is 333 g/mol. The lowest BCUT2D eigenvalue weighted by Gasteiger charge is -2.09. The third kappa shape index (κ3) is 2.95. The van der Waals surface area contributed by atoms with Crippen molar-refractivity contribution in [3.8, 4) is 5.69 Å². The van der Waals surface area contributed by atoms with Crippen molar-refractivity contribution in [1.29, 1.82) is 0 Å². The molecular weight excluding hydrogens is 323 g/mol. The van der Waals surface area contributed by atoms with Crippen molar-refractivity contribution in [2.75, 3.05) is 5.32 Å². The van der Waals surface area contributed by atoms with Gasteiger partial charge < -0.3 is 5.32 Å². The van der Waals surface area contributed by atoms with Crippen molar-refractivity contribution in [2.24, 2.45) is 0 Å². The van der Waals surface area contributed by atoms with E-state index in [4.69, 9.17) is 23.2 Å². The van der Waals surface area contributed by atoms with Crippen LogP contribution in [0.5, 0.6) is 0 Å². The van der Waals surface area contributed by atoms with Crippen LogP contribution in [-0.2, 0) is 0 Å². The number of amides is 1.